The molecule has 0 saturated carbocycles. The Morgan fingerprint density at radius 2 is 0.581 bits per heavy atom. The number of carbonyl (C=O) groups is 2. The monoisotopic (exact) mass is 1210 g/mol. The van der Waals surface area contributed by atoms with E-state index in [0.717, 1.165) is 51.4 Å². The molecule has 1 amide bonds. The van der Waals surface area contributed by atoms with Crippen molar-refractivity contribution in [2.45, 2.75) is 450 Å². The zero-order chi connectivity index (χ0) is 62.0. The minimum atomic E-state index is -0.843. The Kier molecular flexibility index (Phi) is 73.9. The number of ether oxygens (including phenoxy) is 1. The van der Waals surface area contributed by atoms with E-state index in [4.69, 9.17) is 4.74 Å². The Bertz CT molecular complexity index is 1390. The zero-order valence-corrected chi connectivity index (χ0v) is 58.3. The van der Waals surface area contributed by atoms with Crippen molar-refractivity contribution in [1.82, 2.24) is 5.32 Å². The van der Waals surface area contributed by atoms with Gasteiger partial charge in [0.05, 0.1) is 25.4 Å². The number of amides is 1. The van der Waals surface area contributed by atoms with Crippen molar-refractivity contribution in [3.05, 3.63) is 36.5 Å². The van der Waals surface area contributed by atoms with Crippen molar-refractivity contribution in [2.75, 3.05) is 13.2 Å². The summed E-state index contributed by atoms with van der Waals surface area (Å²) in [6, 6.07) is -0.626. The van der Waals surface area contributed by atoms with Crippen molar-refractivity contribution in [3.63, 3.8) is 0 Å². The van der Waals surface area contributed by atoms with E-state index in [9.17, 15) is 19.8 Å². The van der Waals surface area contributed by atoms with Gasteiger partial charge < -0.3 is 20.3 Å². The molecule has 3 N–H and O–H groups in total. The van der Waals surface area contributed by atoms with Gasteiger partial charge >= 0.3 is 5.97 Å². The smallest absolute Gasteiger partial charge is 0.305 e. The van der Waals surface area contributed by atoms with E-state index >= 15 is 0 Å². The van der Waals surface area contributed by atoms with Gasteiger partial charge in [0.1, 0.15) is 0 Å². The van der Waals surface area contributed by atoms with E-state index in [0.29, 0.717) is 19.4 Å². The van der Waals surface area contributed by atoms with E-state index in [1.807, 2.05) is 6.08 Å². The molecule has 0 rings (SSSR count). The second-order valence-electron chi connectivity index (χ2n) is 27.0. The minimum Gasteiger partial charge on any atom is -0.466 e. The van der Waals surface area contributed by atoms with E-state index < -0.39 is 12.1 Å². The number of aliphatic hydroxyl groups excluding tert-OH is 2. The van der Waals surface area contributed by atoms with Crippen LogP contribution in [-0.2, 0) is 14.3 Å². The Morgan fingerprint density at radius 1 is 0.326 bits per heavy atom. The van der Waals surface area contributed by atoms with Crippen molar-refractivity contribution >= 4 is 11.9 Å². The summed E-state index contributed by atoms with van der Waals surface area (Å²) >= 11 is 0. The molecular formula is C80H153NO5. The number of allylic oxidation sites excluding steroid dienone is 5. The summed E-state index contributed by atoms with van der Waals surface area (Å²) < 4.78 is 5.52. The molecule has 0 spiro atoms. The van der Waals surface area contributed by atoms with Crippen LogP contribution in [0.25, 0.3) is 0 Å². The lowest BCUT2D eigenvalue weighted by molar-refractivity contribution is -0.143. The average molecular weight is 1210 g/mol. The van der Waals surface area contributed by atoms with Gasteiger partial charge in [0.15, 0.2) is 0 Å². The van der Waals surface area contributed by atoms with Gasteiger partial charge in [-0.2, -0.15) is 0 Å². The third-order valence-electron chi connectivity index (χ3n) is 18.4. The number of rotatable bonds is 74. The molecule has 0 aromatic rings. The van der Waals surface area contributed by atoms with E-state index in [1.54, 1.807) is 6.08 Å². The van der Waals surface area contributed by atoms with Gasteiger partial charge in [0.2, 0.25) is 5.91 Å². The molecule has 0 aliphatic rings. The SMILES string of the molecule is CCCCC/C=C\C/C=C\CCCCCCCCCCCC(=O)OCCCCCCCCCCCCCCCCCCCCCCCCCCCCCCCCC(=O)NC(CO)C(O)/C=C/CCCCCCCCCCCCCCCCCCCC. The fourth-order valence-corrected chi connectivity index (χ4v) is 12.4. The minimum absolute atomic E-state index is 0.0168. The van der Waals surface area contributed by atoms with Gasteiger partial charge in [-0.15, -0.1) is 0 Å². The molecule has 0 aliphatic carbocycles. The molecule has 0 aromatic carbocycles. The van der Waals surface area contributed by atoms with E-state index in [1.165, 1.54) is 360 Å². The van der Waals surface area contributed by atoms with Crippen LogP contribution in [0.5, 0.6) is 0 Å². The first-order valence-electron chi connectivity index (χ1n) is 39.3. The highest BCUT2D eigenvalue weighted by atomic mass is 16.5. The number of aliphatic hydroxyl groups is 2. The van der Waals surface area contributed by atoms with Crippen LogP contribution in [0.15, 0.2) is 36.5 Å². The first-order chi connectivity index (χ1) is 42.5. The lowest BCUT2D eigenvalue weighted by Gasteiger charge is -2.20. The topological polar surface area (TPSA) is 95.9 Å². The van der Waals surface area contributed by atoms with Crippen LogP contribution in [0.3, 0.4) is 0 Å². The van der Waals surface area contributed by atoms with Crippen LogP contribution >= 0.6 is 0 Å². The maximum atomic E-state index is 12.5. The highest BCUT2D eigenvalue weighted by molar-refractivity contribution is 5.76. The maximum absolute atomic E-state index is 12.5. The second kappa shape index (κ2) is 75.5. The van der Waals surface area contributed by atoms with E-state index in [-0.39, 0.29) is 18.5 Å². The summed E-state index contributed by atoms with van der Waals surface area (Å²) in [7, 11) is 0. The molecule has 0 heterocycles. The number of hydrogen-bond acceptors (Lipinski definition) is 5. The molecule has 2 unspecified atom stereocenters. The average Bonchev–Trinajstić information content (AvgIpc) is 3.54. The Balaban J connectivity index is 3.35. The van der Waals surface area contributed by atoms with Gasteiger partial charge in [0.25, 0.3) is 0 Å². The van der Waals surface area contributed by atoms with Gasteiger partial charge in [-0.1, -0.05) is 397 Å². The third kappa shape index (κ3) is 71.2. The summed E-state index contributed by atoms with van der Waals surface area (Å²) in [6.45, 7) is 4.93. The molecule has 0 radical (unpaired) electrons. The van der Waals surface area contributed by atoms with Crippen molar-refractivity contribution in [3.8, 4) is 0 Å². The van der Waals surface area contributed by atoms with Crippen LogP contribution in [0.4, 0.5) is 0 Å². The Hall–Kier alpha value is -1.92. The molecule has 0 aliphatic heterocycles. The number of carbonyl (C=O) groups excluding carboxylic acids is 2. The number of esters is 1. The second-order valence-corrected chi connectivity index (χ2v) is 27.0. The first kappa shape index (κ1) is 84.1. The maximum Gasteiger partial charge on any atom is 0.305 e. The molecule has 0 fully saturated rings. The van der Waals surface area contributed by atoms with Crippen LogP contribution in [0.1, 0.15) is 438 Å². The standard InChI is InChI=1S/C80H153NO5/c1-3-5-7-9-11-13-15-17-19-21-23-37-40-44-48-52-56-60-64-68-72-78(83)77(76-82)81-79(84)73-69-65-61-57-53-49-45-41-38-34-32-30-28-26-24-25-27-29-31-33-35-39-43-47-51-55-59-63-67-71-75-86-80(85)74-70-66-62-58-54-50-46-42-36-22-20-18-16-14-12-10-8-6-4-2/h12,14,18,20,68,72,77-78,82-83H,3-11,13,15-17,19,21-67,69-71,73-76H2,1-2H3,(H,81,84)/b14-12-,20-18-,72-68+. The molecule has 6 heteroatoms. The molecule has 0 bridgehead atoms. The molecule has 0 aromatic heterocycles. The van der Waals surface area contributed by atoms with E-state index in [2.05, 4.69) is 43.5 Å². The highest BCUT2D eigenvalue weighted by Gasteiger charge is 2.18. The van der Waals surface area contributed by atoms with Crippen molar-refractivity contribution in [1.29, 1.82) is 0 Å². The van der Waals surface area contributed by atoms with Crippen LogP contribution < -0.4 is 5.32 Å². The fourth-order valence-electron chi connectivity index (χ4n) is 12.4. The molecule has 508 valence electrons. The zero-order valence-electron chi connectivity index (χ0n) is 58.3. The summed E-state index contributed by atoms with van der Waals surface area (Å²) in [5.74, 6) is -0.0431. The number of hydrogen-bond donors (Lipinski definition) is 3. The molecule has 0 saturated heterocycles. The summed E-state index contributed by atoms with van der Waals surface area (Å²) in [5.41, 5.74) is 0. The molecule has 6 nitrogen and oxygen atoms in total. The quantitative estimate of drug-likeness (QED) is 0.0320. The lowest BCUT2D eigenvalue weighted by Crippen LogP contribution is -2.45. The van der Waals surface area contributed by atoms with Crippen LogP contribution in [-0.4, -0.2) is 47.4 Å². The fraction of sp³-hybridized carbons (Fsp3) is 0.900. The van der Waals surface area contributed by atoms with Gasteiger partial charge in [-0.25, -0.2) is 0 Å². The summed E-state index contributed by atoms with van der Waals surface area (Å²) in [4.78, 5) is 24.7. The number of nitrogens with one attached hydrogen (secondary N) is 1. The lowest BCUT2D eigenvalue weighted by atomic mass is 10.0. The first-order valence-corrected chi connectivity index (χ1v) is 39.3. The normalized spacial score (nSPS) is 12.7. The van der Waals surface area contributed by atoms with Crippen LogP contribution in [0.2, 0.25) is 0 Å². The van der Waals surface area contributed by atoms with Crippen LogP contribution in [0, 0.1) is 0 Å². The van der Waals surface area contributed by atoms with Gasteiger partial charge in [-0.3, -0.25) is 9.59 Å². The predicted molar refractivity (Wildman–Crippen MR) is 379 cm³/mol. The molecular weight excluding hydrogens is 1050 g/mol. The largest absolute Gasteiger partial charge is 0.466 e. The molecule has 2 atom stereocenters. The van der Waals surface area contributed by atoms with Crippen molar-refractivity contribution in [2.24, 2.45) is 0 Å². The van der Waals surface area contributed by atoms with Gasteiger partial charge in [-0.05, 0) is 64.2 Å². The summed E-state index contributed by atoms with van der Waals surface area (Å²) in [5, 5.41) is 23.3. The van der Waals surface area contributed by atoms with Gasteiger partial charge in [0, 0.05) is 12.8 Å². The predicted octanol–water partition coefficient (Wildman–Crippen LogP) is 25.8. The Morgan fingerprint density at radius 3 is 0.907 bits per heavy atom. The summed E-state index contributed by atoms with van der Waals surface area (Å²) in [6.07, 6.45) is 98.3. The highest BCUT2D eigenvalue weighted by Crippen LogP contribution is 2.20. The third-order valence-corrected chi connectivity index (χ3v) is 18.4. The van der Waals surface area contributed by atoms with Crippen molar-refractivity contribution < 1.29 is 24.5 Å². The number of unbranched alkanes of at least 4 members (excludes halogenated alkanes) is 59. The molecule has 86 heavy (non-hydrogen) atoms. The Labute approximate surface area is 538 Å².